The predicted octanol–water partition coefficient (Wildman–Crippen LogP) is 1.24. The molecule has 0 bridgehead atoms. The van der Waals surface area contributed by atoms with E-state index >= 15 is 0 Å². The Labute approximate surface area is 79.9 Å². The molecule has 0 fully saturated rings. The number of amides is 1. The first kappa shape index (κ1) is 10.9. The fourth-order valence-electron chi connectivity index (χ4n) is 0.910. The van der Waals surface area contributed by atoms with Crippen LogP contribution in [0.25, 0.3) is 0 Å². The standard InChI is InChI=1S/C7H12INO2/c1-7(2,3-5(8)10)4-6(9)11/h3-4H2,1-2H3,(H2,9,11). The van der Waals surface area contributed by atoms with Crippen molar-refractivity contribution < 1.29 is 9.59 Å². The van der Waals surface area contributed by atoms with Crippen LogP contribution in [0.1, 0.15) is 26.7 Å². The summed E-state index contributed by atoms with van der Waals surface area (Å²) in [5.41, 5.74) is 4.71. The summed E-state index contributed by atoms with van der Waals surface area (Å²) >= 11 is 1.72. The molecular formula is C7H12INO2. The quantitative estimate of drug-likeness (QED) is 0.616. The van der Waals surface area contributed by atoms with E-state index < -0.39 is 0 Å². The zero-order valence-corrected chi connectivity index (χ0v) is 8.84. The molecule has 4 heteroatoms. The van der Waals surface area contributed by atoms with Crippen LogP contribution in [0.4, 0.5) is 0 Å². The minimum atomic E-state index is -0.354. The fraction of sp³-hybridized carbons (Fsp3) is 0.714. The normalized spacial score (nSPS) is 11.2. The molecule has 64 valence electrons. The maximum atomic E-state index is 10.7. The second-order valence-corrected chi connectivity index (χ2v) is 4.54. The second kappa shape index (κ2) is 4.04. The first-order valence-electron chi connectivity index (χ1n) is 3.30. The Morgan fingerprint density at radius 2 is 1.82 bits per heavy atom. The van der Waals surface area contributed by atoms with Gasteiger partial charge in [0.1, 0.15) is 0 Å². The molecule has 0 aliphatic carbocycles. The van der Waals surface area contributed by atoms with E-state index in [-0.39, 0.29) is 21.5 Å². The maximum Gasteiger partial charge on any atom is 0.217 e. The molecule has 0 radical (unpaired) electrons. The van der Waals surface area contributed by atoms with Gasteiger partial charge in [-0.3, -0.25) is 9.59 Å². The molecule has 0 aliphatic rings. The Balaban J connectivity index is 3.99. The summed E-state index contributed by atoms with van der Waals surface area (Å²) in [5.74, 6) is -0.354. The van der Waals surface area contributed by atoms with Gasteiger partial charge >= 0.3 is 0 Å². The summed E-state index contributed by atoms with van der Waals surface area (Å²) in [6.07, 6.45) is 0.665. The molecule has 2 N–H and O–H groups in total. The van der Waals surface area contributed by atoms with E-state index in [1.54, 1.807) is 22.6 Å². The van der Waals surface area contributed by atoms with Crippen molar-refractivity contribution in [2.45, 2.75) is 26.7 Å². The third kappa shape index (κ3) is 6.28. The van der Waals surface area contributed by atoms with Gasteiger partial charge in [0, 0.05) is 12.8 Å². The third-order valence-corrected chi connectivity index (χ3v) is 1.65. The summed E-state index contributed by atoms with van der Waals surface area (Å²) in [7, 11) is 0. The molecule has 3 nitrogen and oxygen atoms in total. The molecule has 11 heavy (non-hydrogen) atoms. The lowest BCUT2D eigenvalue weighted by molar-refractivity contribution is -0.120. The van der Waals surface area contributed by atoms with Crippen LogP contribution < -0.4 is 5.73 Å². The van der Waals surface area contributed by atoms with Gasteiger partial charge in [0.15, 0.2) is 3.79 Å². The van der Waals surface area contributed by atoms with Crippen LogP contribution in [0, 0.1) is 5.41 Å². The van der Waals surface area contributed by atoms with Crippen molar-refractivity contribution in [1.29, 1.82) is 0 Å². The first-order chi connectivity index (χ1) is 4.83. The summed E-state index contributed by atoms with van der Waals surface area (Å²) < 4.78 is 0.0638. The Hall–Kier alpha value is -0.130. The van der Waals surface area contributed by atoms with Gasteiger partial charge in [-0.2, -0.15) is 0 Å². The molecule has 0 rings (SSSR count). The second-order valence-electron chi connectivity index (χ2n) is 3.34. The number of carbonyl (C=O) groups excluding carboxylic acids is 2. The smallest absolute Gasteiger partial charge is 0.217 e. The minimum absolute atomic E-state index is 0.0638. The monoisotopic (exact) mass is 269 g/mol. The number of primary amides is 1. The summed E-state index contributed by atoms with van der Waals surface area (Å²) in [6.45, 7) is 3.71. The Bertz CT molecular complexity index is 159. The Morgan fingerprint density at radius 3 is 2.09 bits per heavy atom. The summed E-state index contributed by atoms with van der Waals surface area (Å²) in [4.78, 5) is 21.2. The highest BCUT2D eigenvalue weighted by molar-refractivity contribution is 14.1. The SMILES string of the molecule is CC(C)(CC(N)=O)CC(=O)I. The molecule has 0 unspecified atom stereocenters. The number of rotatable bonds is 4. The van der Waals surface area contributed by atoms with Crippen molar-refractivity contribution in [1.82, 2.24) is 0 Å². The lowest BCUT2D eigenvalue weighted by Gasteiger charge is -2.19. The van der Waals surface area contributed by atoms with Gasteiger partial charge in [0.25, 0.3) is 0 Å². The zero-order valence-electron chi connectivity index (χ0n) is 6.69. The number of halogens is 1. The van der Waals surface area contributed by atoms with E-state index in [0.29, 0.717) is 6.42 Å². The van der Waals surface area contributed by atoms with Gasteiger partial charge in [-0.1, -0.05) is 13.8 Å². The molecule has 0 aromatic rings. The highest BCUT2D eigenvalue weighted by atomic mass is 127. The van der Waals surface area contributed by atoms with Crippen LogP contribution >= 0.6 is 22.6 Å². The van der Waals surface area contributed by atoms with E-state index in [1.165, 1.54) is 0 Å². The zero-order chi connectivity index (χ0) is 9.07. The van der Waals surface area contributed by atoms with Crippen LogP contribution in [0.15, 0.2) is 0 Å². The van der Waals surface area contributed by atoms with Crippen LogP contribution in [0.3, 0.4) is 0 Å². The molecule has 0 spiro atoms. The lowest BCUT2D eigenvalue weighted by atomic mass is 9.86. The predicted molar refractivity (Wildman–Crippen MR) is 51.2 cm³/mol. The Kier molecular flexibility index (Phi) is 3.99. The Morgan fingerprint density at radius 1 is 1.36 bits per heavy atom. The van der Waals surface area contributed by atoms with Crippen molar-refractivity contribution in [3.8, 4) is 0 Å². The average Bonchev–Trinajstić information content (AvgIpc) is 1.53. The van der Waals surface area contributed by atoms with Crippen LogP contribution in [0.5, 0.6) is 0 Å². The van der Waals surface area contributed by atoms with Gasteiger partial charge in [-0.15, -0.1) is 0 Å². The van der Waals surface area contributed by atoms with Crippen LogP contribution in [-0.2, 0) is 9.59 Å². The van der Waals surface area contributed by atoms with E-state index in [9.17, 15) is 9.59 Å². The van der Waals surface area contributed by atoms with E-state index in [2.05, 4.69) is 0 Å². The number of hydrogen-bond donors (Lipinski definition) is 1. The van der Waals surface area contributed by atoms with Crippen LogP contribution in [-0.4, -0.2) is 9.70 Å². The topological polar surface area (TPSA) is 60.2 Å². The molecule has 0 aromatic heterocycles. The van der Waals surface area contributed by atoms with Gasteiger partial charge in [-0.05, 0) is 28.0 Å². The minimum Gasteiger partial charge on any atom is -0.370 e. The van der Waals surface area contributed by atoms with E-state index in [1.807, 2.05) is 13.8 Å². The molecule has 0 saturated carbocycles. The molecule has 0 saturated heterocycles. The van der Waals surface area contributed by atoms with E-state index in [4.69, 9.17) is 5.73 Å². The lowest BCUT2D eigenvalue weighted by Crippen LogP contribution is -2.23. The fourth-order valence-corrected chi connectivity index (χ4v) is 1.94. The average molecular weight is 269 g/mol. The van der Waals surface area contributed by atoms with Crippen molar-refractivity contribution in [2.75, 3.05) is 0 Å². The van der Waals surface area contributed by atoms with Crippen molar-refractivity contribution in [3.63, 3.8) is 0 Å². The van der Waals surface area contributed by atoms with Gasteiger partial charge in [0.05, 0.1) is 0 Å². The molecule has 0 atom stereocenters. The molecular weight excluding hydrogens is 257 g/mol. The number of hydrogen-bond acceptors (Lipinski definition) is 2. The number of nitrogens with two attached hydrogens (primary N) is 1. The van der Waals surface area contributed by atoms with Gasteiger partial charge in [-0.25, -0.2) is 0 Å². The molecule has 0 aliphatic heterocycles. The molecule has 1 amide bonds. The first-order valence-corrected chi connectivity index (χ1v) is 4.38. The summed E-state index contributed by atoms with van der Waals surface area (Å²) in [6, 6.07) is 0. The highest BCUT2D eigenvalue weighted by Gasteiger charge is 2.22. The largest absolute Gasteiger partial charge is 0.370 e. The van der Waals surface area contributed by atoms with Crippen molar-refractivity contribution in [3.05, 3.63) is 0 Å². The third-order valence-electron chi connectivity index (χ3n) is 1.27. The van der Waals surface area contributed by atoms with E-state index in [0.717, 1.165) is 0 Å². The highest BCUT2D eigenvalue weighted by Crippen LogP contribution is 2.25. The van der Waals surface area contributed by atoms with Crippen molar-refractivity contribution in [2.24, 2.45) is 11.1 Å². The van der Waals surface area contributed by atoms with Crippen molar-refractivity contribution >= 4 is 32.3 Å². The molecule has 0 heterocycles. The maximum absolute atomic E-state index is 10.7. The van der Waals surface area contributed by atoms with Gasteiger partial charge in [0.2, 0.25) is 5.91 Å². The van der Waals surface area contributed by atoms with Gasteiger partial charge < -0.3 is 5.73 Å². The molecule has 0 aromatic carbocycles. The van der Waals surface area contributed by atoms with Crippen LogP contribution in [0.2, 0.25) is 0 Å². The summed E-state index contributed by atoms with van der Waals surface area (Å²) in [5, 5.41) is 0. The number of carbonyl (C=O) groups is 2.